The molecule has 7 heteroatoms. The molecule has 2 aromatic rings. The second-order valence-electron chi connectivity index (χ2n) is 6.46. The predicted molar refractivity (Wildman–Crippen MR) is 105 cm³/mol. The summed E-state index contributed by atoms with van der Waals surface area (Å²) in [7, 11) is -4.00. The molecular weight excluding hydrogens is 367 g/mol. The van der Waals surface area contributed by atoms with E-state index in [9.17, 15) is 17.6 Å². The lowest BCUT2D eigenvalue weighted by Crippen LogP contribution is -2.31. The Hall–Kier alpha value is -2.25. The zero-order chi connectivity index (χ0) is 20.4. The molecular formula is C20H25FN2O3S. The number of carbonyl (C=O) groups excluding carboxylic acids is 1. The molecule has 1 amide bonds. The molecule has 0 aliphatic rings. The summed E-state index contributed by atoms with van der Waals surface area (Å²) in [5, 5.41) is 2.81. The van der Waals surface area contributed by atoms with E-state index in [1.165, 1.54) is 6.07 Å². The van der Waals surface area contributed by atoms with Crippen molar-refractivity contribution in [3.63, 3.8) is 0 Å². The van der Waals surface area contributed by atoms with E-state index in [1.54, 1.807) is 13.8 Å². The van der Waals surface area contributed by atoms with Crippen molar-refractivity contribution in [2.24, 2.45) is 0 Å². The van der Waals surface area contributed by atoms with Gasteiger partial charge in [-0.15, -0.1) is 0 Å². The van der Waals surface area contributed by atoms with Crippen molar-refractivity contribution in [1.29, 1.82) is 0 Å². The van der Waals surface area contributed by atoms with Gasteiger partial charge < -0.3 is 5.32 Å². The minimum Gasteiger partial charge on any atom is -0.322 e. The second-order valence-corrected chi connectivity index (χ2v) is 8.37. The Morgan fingerprint density at radius 2 is 1.59 bits per heavy atom. The number of anilines is 1. The third-order valence-corrected chi connectivity index (χ3v) is 6.50. The van der Waals surface area contributed by atoms with Crippen molar-refractivity contribution in [3.8, 4) is 0 Å². The molecule has 0 saturated heterocycles. The fourth-order valence-electron chi connectivity index (χ4n) is 3.11. The summed E-state index contributed by atoms with van der Waals surface area (Å²) >= 11 is 0. The van der Waals surface area contributed by atoms with Crippen molar-refractivity contribution in [1.82, 2.24) is 4.31 Å². The van der Waals surface area contributed by atoms with Crippen LogP contribution in [0.4, 0.5) is 10.1 Å². The minimum atomic E-state index is -4.00. The molecule has 0 fully saturated rings. The number of rotatable bonds is 6. The maximum atomic E-state index is 14.2. The number of nitrogens with one attached hydrogen (secondary N) is 1. The van der Waals surface area contributed by atoms with Crippen LogP contribution >= 0.6 is 0 Å². The molecule has 0 atom stereocenters. The monoisotopic (exact) mass is 392 g/mol. The van der Waals surface area contributed by atoms with Crippen LogP contribution in [0, 0.1) is 26.6 Å². The number of amides is 1. The third-order valence-electron chi connectivity index (χ3n) is 4.43. The van der Waals surface area contributed by atoms with Crippen LogP contribution in [0.25, 0.3) is 0 Å². The van der Waals surface area contributed by atoms with Crippen LogP contribution in [0.15, 0.2) is 35.2 Å². The van der Waals surface area contributed by atoms with Gasteiger partial charge in [0.1, 0.15) is 10.7 Å². The summed E-state index contributed by atoms with van der Waals surface area (Å²) in [6, 6.07) is 7.29. The molecule has 0 bridgehead atoms. The number of halogens is 1. The summed E-state index contributed by atoms with van der Waals surface area (Å²) in [5.74, 6) is -1.36. The van der Waals surface area contributed by atoms with Crippen LogP contribution in [-0.4, -0.2) is 31.7 Å². The Labute approximate surface area is 160 Å². The lowest BCUT2D eigenvalue weighted by atomic mass is 10.0. The average molecular weight is 392 g/mol. The van der Waals surface area contributed by atoms with Crippen molar-refractivity contribution in [2.45, 2.75) is 39.5 Å². The van der Waals surface area contributed by atoms with Crippen LogP contribution < -0.4 is 5.32 Å². The van der Waals surface area contributed by atoms with E-state index in [1.807, 2.05) is 32.9 Å². The summed E-state index contributed by atoms with van der Waals surface area (Å²) in [4.78, 5) is 12.2. The van der Waals surface area contributed by atoms with Gasteiger partial charge in [-0.05, 0) is 50.1 Å². The number of carbonyl (C=O) groups is 1. The highest BCUT2D eigenvalue weighted by molar-refractivity contribution is 7.89. The van der Waals surface area contributed by atoms with Crippen LogP contribution in [0.1, 0.15) is 40.9 Å². The summed E-state index contributed by atoms with van der Waals surface area (Å²) in [6.07, 6.45) is 0. The number of benzene rings is 2. The van der Waals surface area contributed by atoms with Gasteiger partial charge in [0.25, 0.3) is 5.91 Å². The molecule has 0 spiro atoms. The van der Waals surface area contributed by atoms with Crippen molar-refractivity contribution in [3.05, 3.63) is 58.4 Å². The Bertz CT molecular complexity index is 944. The first kappa shape index (κ1) is 21.1. The van der Waals surface area contributed by atoms with Gasteiger partial charge in [-0.2, -0.15) is 4.31 Å². The van der Waals surface area contributed by atoms with Gasteiger partial charge in [0.05, 0.1) is 0 Å². The quantitative estimate of drug-likeness (QED) is 0.807. The lowest BCUT2D eigenvalue weighted by Gasteiger charge is -2.19. The first-order valence-electron chi connectivity index (χ1n) is 8.80. The molecule has 0 unspecified atom stereocenters. The molecule has 0 aromatic heterocycles. The minimum absolute atomic E-state index is 0.0847. The Kier molecular flexibility index (Phi) is 6.38. The largest absolute Gasteiger partial charge is 0.322 e. The first-order valence-corrected chi connectivity index (χ1v) is 10.2. The van der Waals surface area contributed by atoms with E-state index >= 15 is 0 Å². The Morgan fingerprint density at radius 3 is 2.11 bits per heavy atom. The zero-order valence-corrected chi connectivity index (χ0v) is 17.1. The molecule has 0 aliphatic heterocycles. The van der Waals surface area contributed by atoms with Gasteiger partial charge in [0.15, 0.2) is 0 Å². The summed E-state index contributed by atoms with van der Waals surface area (Å²) in [5.41, 5.74) is 3.64. The van der Waals surface area contributed by atoms with Gasteiger partial charge in [-0.25, -0.2) is 12.8 Å². The molecule has 0 heterocycles. The number of sulfonamides is 1. The zero-order valence-electron chi connectivity index (χ0n) is 16.3. The molecule has 2 aromatic carbocycles. The van der Waals surface area contributed by atoms with Crippen LogP contribution in [-0.2, 0) is 10.0 Å². The molecule has 1 N–H and O–H groups in total. The highest BCUT2D eigenvalue weighted by Crippen LogP contribution is 2.24. The van der Waals surface area contributed by atoms with E-state index in [0.29, 0.717) is 5.69 Å². The van der Waals surface area contributed by atoms with E-state index in [4.69, 9.17) is 0 Å². The normalized spacial score (nSPS) is 11.7. The van der Waals surface area contributed by atoms with Gasteiger partial charge in [-0.1, -0.05) is 31.5 Å². The standard InChI is InChI=1S/C20H25FN2O3S/c1-6-23(7-2)27(25,26)18-12-16(8-9-17(18)21)20(24)22-19-14(4)10-13(3)11-15(19)5/h8-12H,6-7H2,1-5H3,(H,22,24). The first-order chi connectivity index (χ1) is 12.6. The van der Waals surface area contributed by atoms with E-state index in [0.717, 1.165) is 33.1 Å². The average Bonchev–Trinajstić information content (AvgIpc) is 2.58. The third kappa shape index (κ3) is 4.36. The maximum Gasteiger partial charge on any atom is 0.255 e. The number of hydrogen-bond donors (Lipinski definition) is 1. The summed E-state index contributed by atoms with van der Waals surface area (Å²) < 4.78 is 40.7. The predicted octanol–water partition coefficient (Wildman–Crippen LogP) is 4.03. The van der Waals surface area contributed by atoms with Gasteiger partial charge >= 0.3 is 0 Å². The van der Waals surface area contributed by atoms with Gasteiger partial charge in [0.2, 0.25) is 10.0 Å². The second kappa shape index (κ2) is 8.19. The molecule has 27 heavy (non-hydrogen) atoms. The maximum absolute atomic E-state index is 14.2. The molecule has 2 rings (SSSR count). The van der Waals surface area contributed by atoms with Crippen molar-refractivity contribution in [2.75, 3.05) is 18.4 Å². The SMILES string of the molecule is CCN(CC)S(=O)(=O)c1cc(C(=O)Nc2c(C)cc(C)cc2C)ccc1F. The summed E-state index contributed by atoms with van der Waals surface area (Å²) in [6.45, 7) is 9.53. The van der Waals surface area contributed by atoms with Gasteiger partial charge in [-0.3, -0.25) is 4.79 Å². The molecule has 0 saturated carbocycles. The van der Waals surface area contributed by atoms with Crippen LogP contribution in [0.3, 0.4) is 0 Å². The molecule has 5 nitrogen and oxygen atoms in total. The highest BCUT2D eigenvalue weighted by Gasteiger charge is 2.26. The van der Waals surface area contributed by atoms with E-state index < -0.39 is 26.6 Å². The van der Waals surface area contributed by atoms with Gasteiger partial charge in [0, 0.05) is 24.3 Å². The molecule has 0 aliphatic carbocycles. The lowest BCUT2D eigenvalue weighted by molar-refractivity contribution is 0.102. The smallest absolute Gasteiger partial charge is 0.255 e. The van der Waals surface area contributed by atoms with E-state index in [2.05, 4.69) is 5.32 Å². The van der Waals surface area contributed by atoms with Crippen molar-refractivity contribution >= 4 is 21.6 Å². The van der Waals surface area contributed by atoms with E-state index in [-0.39, 0.29) is 18.7 Å². The number of aryl methyl sites for hydroxylation is 3. The number of nitrogens with zero attached hydrogens (tertiary/aromatic N) is 1. The molecule has 146 valence electrons. The number of hydrogen-bond acceptors (Lipinski definition) is 3. The highest BCUT2D eigenvalue weighted by atomic mass is 32.2. The van der Waals surface area contributed by atoms with Crippen molar-refractivity contribution < 1.29 is 17.6 Å². The fourth-order valence-corrected chi connectivity index (χ4v) is 4.66. The topological polar surface area (TPSA) is 66.5 Å². The molecule has 0 radical (unpaired) electrons. The van der Waals surface area contributed by atoms with Crippen LogP contribution in [0.5, 0.6) is 0 Å². The Balaban J connectivity index is 2.42. The van der Waals surface area contributed by atoms with Crippen LogP contribution in [0.2, 0.25) is 0 Å². The Morgan fingerprint density at radius 1 is 1.04 bits per heavy atom. The fraction of sp³-hybridized carbons (Fsp3) is 0.350.